The highest BCUT2D eigenvalue weighted by Gasteiger charge is 2.51. The standard InChI is InChI=1S/C30H37N3O3/c1-3-12-29(36)13-14-30(24(21-29)7-6-23-19-26(34)10-11-27(23)30)20-22-4-8-25(9-5-22)31-28(35)33-17-15-32(2)16-18-33/h4-5,8-11,19,24,34,36H,6-7,13-18,20-21H2,1-2H3,(H,31,35)/t24-,29?,30+/m1/s1. The molecule has 36 heavy (non-hydrogen) atoms. The van der Waals surface area contributed by atoms with E-state index in [0.717, 1.165) is 57.5 Å². The van der Waals surface area contributed by atoms with Crippen molar-refractivity contribution in [3.63, 3.8) is 0 Å². The molecule has 3 aliphatic rings. The van der Waals surface area contributed by atoms with Crippen LogP contribution in [0.3, 0.4) is 0 Å². The maximum Gasteiger partial charge on any atom is 0.321 e. The highest BCUT2D eigenvalue weighted by Crippen LogP contribution is 2.54. The van der Waals surface area contributed by atoms with Gasteiger partial charge in [-0.2, -0.15) is 0 Å². The molecule has 1 unspecified atom stereocenters. The number of anilines is 1. The van der Waals surface area contributed by atoms with E-state index in [2.05, 4.69) is 47.3 Å². The van der Waals surface area contributed by atoms with Crippen molar-refractivity contribution in [3.8, 4) is 17.6 Å². The highest BCUT2D eigenvalue weighted by atomic mass is 16.3. The van der Waals surface area contributed by atoms with Crippen LogP contribution in [-0.2, 0) is 18.3 Å². The fourth-order valence-corrected chi connectivity index (χ4v) is 6.63. The molecule has 1 heterocycles. The first-order valence-corrected chi connectivity index (χ1v) is 13.1. The number of hydrogen-bond acceptors (Lipinski definition) is 4. The van der Waals surface area contributed by atoms with Crippen molar-refractivity contribution >= 4 is 11.7 Å². The Morgan fingerprint density at radius 1 is 1.11 bits per heavy atom. The summed E-state index contributed by atoms with van der Waals surface area (Å²) in [4.78, 5) is 16.8. The molecule has 3 atom stereocenters. The normalized spacial score (nSPS) is 27.9. The number of nitrogens with zero attached hydrogens (tertiary/aromatic N) is 2. The third-order valence-corrected chi connectivity index (χ3v) is 8.61. The van der Waals surface area contributed by atoms with E-state index in [4.69, 9.17) is 0 Å². The number of nitrogens with one attached hydrogen (secondary N) is 1. The molecule has 2 amide bonds. The number of carbonyl (C=O) groups is 1. The number of aromatic hydroxyl groups is 1. The summed E-state index contributed by atoms with van der Waals surface area (Å²) in [5.74, 6) is 6.64. The second-order valence-corrected chi connectivity index (χ2v) is 10.9. The van der Waals surface area contributed by atoms with Gasteiger partial charge in [-0.3, -0.25) is 0 Å². The number of likely N-dealkylation sites (N-methyl/N-ethyl adjacent to an activating group) is 1. The summed E-state index contributed by atoms with van der Waals surface area (Å²) in [7, 11) is 2.08. The number of urea groups is 1. The predicted molar refractivity (Wildman–Crippen MR) is 142 cm³/mol. The molecule has 6 nitrogen and oxygen atoms in total. The number of hydrogen-bond donors (Lipinski definition) is 3. The van der Waals surface area contributed by atoms with Gasteiger partial charge in [0.1, 0.15) is 11.4 Å². The Morgan fingerprint density at radius 3 is 2.58 bits per heavy atom. The molecular weight excluding hydrogens is 450 g/mol. The van der Waals surface area contributed by atoms with Crippen LogP contribution in [0, 0.1) is 17.8 Å². The van der Waals surface area contributed by atoms with Gasteiger partial charge in [-0.05, 0) is 99.4 Å². The molecule has 1 saturated heterocycles. The van der Waals surface area contributed by atoms with Gasteiger partial charge in [0.15, 0.2) is 0 Å². The Morgan fingerprint density at radius 2 is 1.86 bits per heavy atom. The zero-order chi connectivity index (χ0) is 25.3. The average Bonchev–Trinajstić information content (AvgIpc) is 2.86. The van der Waals surface area contributed by atoms with Gasteiger partial charge in [0.25, 0.3) is 0 Å². The van der Waals surface area contributed by atoms with Crippen molar-refractivity contribution in [1.82, 2.24) is 9.80 Å². The van der Waals surface area contributed by atoms with Gasteiger partial charge in [0.2, 0.25) is 0 Å². The fraction of sp³-hybridized carbons (Fsp3) is 0.500. The molecule has 6 heteroatoms. The lowest BCUT2D eigenvalue weighted by Gasteiger charge is -2.52. The monoisotopic (exact) mass is 487 g/mol. The number of phenolic OH excluding ortho intramolecular Hbond substituents is 1. The second-order valence-electron chi connectivity index (χ2n) is 10.9. The molecule has 1 aliphatic heterocycles. The van der Waals surface area contributed by atoms with Crippen LogP contribution >= 0.6 is 0 Å². The summed E-state index contributed by atoms with van der Waals surface area (Å²) in [5.41, 5.74) is 3.51. The van der Waals surface area contributed by atoms with E-state index in [1.54, 1.807) is 13.0 Å². The van der Waals surface area contributed by atoms with Gasteiger partial charge in [0.05, 0.1) is 0 Å². The molecule has 3 N–H and O–H groups in total. The first-order chi connectivity index (χ1) is 17.3. The van der Waals surface area contributed by atoms with Crippen molar-refractivity contribution in [2.45, 2.75) is 56.5 Å². The Hall–Kier alpha value is -3.01. The first kappa shape index (κ1) is 24.7. The van der Waals surface area contributed by atoms with E-state index in [1.165, 1.54) is 16.7 Å². The smallest absolute Gasteiger partial charge is 0.321 e. The topological polar surface area (TPSA) is 76.0 Å². The van der Waals surface area contributed by atoms with E-state index >= 15 is 0 Å². The Balaban J connectivity index is 1.37. The lowest BCUT2D eigenvalue weighted by atomic mass is 9.52. The van der Waals surface area contributed by atoms with Crippen molar-refractivity contribution < 1.29 is 15.0 Å². The summed E-state index contributed by atoms with van der Waals surface area (Å²) in [6.45, 7) is 5.08. The lowest BCUT2D eigenvalue weighted by molar-refractivity contribution is -0.00804. The zero-order valence-corrected chi connectivity index (χ0v) is 21.4. The van der Waals surface area contributed by atoms with Crippen LogP contribution in [0.1, 0.15) is 49.3 Å². The predicted octanol–water partition coefficient (Wildman–Crippen LogP) is 4.15. The third-order valence-electron chi connectivity index (χ3n) is 8.61. The number of amides is 2. The SMILES string of the molecule is CC#CC1(O)CC[C@@]2(Cc3ccc(NC(=O)N4CCN(C)CC4)cc3)c3ccc(O)cc3CC[C@@H]2C1. The molecule has 0 spiro atoms. The number of rotatable bonds is 3. The van der Waals surface area contributed by atoms with Gasteiger partial charge in [0, 0.05) is 37.3 Å². The second kappa shape index (κ2) is 9.80. The molecule has 5 rings (SSSR count). The van der Waals surface area contributed by atoms with Crippen LogP contribution in [0.5, 0.6) is 5.75 Å². The van der Waals surface area contributed by atoms with Gasteiger partial charge < -0.3 is 25.3 Å². The van der Waals surface area contributed by atoms with Crippen molar-refractivity contribution in [2.75, 3.05) is 38.5 Å². The molecule has 2 aromatic rings. The quantitative estimate of drug-likeness (QED) is 0.569. The molecule has 1 saturated carbocycles. The third kappa shape index (κ3) is 4.83. The summed E-state index contributed by atoms with van der Waals surface area (Å²) in [5, 5.41) is 24.3. The number of phenols is 1. The summed E-state index contributed by atoms with van der Waals surface area (Å²) in [6, 6.07) is 14.0. The molecular formula is C30H37N3O3. The van der Waals surface area contributed by atoms with Crippen LogP contribution in [-0.4, -0.2) is 64.9 Å². The maximum absolute atomic E-state index is 12.7. The Bertz CT molecular complexity index is 1180. The lowest BCUT2D eigenvalue weighted by Crippen LogP contribution is -2.50. The van der Waals surface area contributed by atoms with Crippen LogP contribution < -0.4 is 5.32 Å². The zero-order valence-electron chi connectivity index (χ0n) is 21.4. The van der Waals surface area contributed by atoms with Gasteiger partial charge in [-0.15, -0.1) is 5.92 Å². The van der Waals surface area contributed by atoms with Crippen molar-refractivity contribution in [2.24, 2.45) is 5.92 Å². The Kier molecular flexibility index (Phi) is 6.72. The van der Waals surface area contributed by atoms with E-state index in [0.29, 0.717) is 24.5 Å². The van der Waals surface area contributed by atoms with E-state index in [-0.39, 0.29) is 11.4 Å². The molecule has 190 valence electrons. The number of benzene rings is 2. The largest absolute Gasteiger partial charge is 0.508 e. The summed E-state index contributed by atoms with van der Waals surface area (Å²) in [6.07, 6.45) is 4.91. The fourth-order valence-electron chi connectivity index (χ4n) is 6.63. The maximum atomic E-state index is 12.7. The minimum absolute atomic E-state index is 0.0425. The first-order valence-electron chi connectivity index (χ1n) is 13.1. The Labute approximate surface area is 214 Å². The summed E-state index contributed by atoms with van der Waals surface area (Å²) >= 11 is 0. The number of piperazine rings is 1. The molecule has 0 bridgehead atoms. The van der Waals surface area contributed by atoms with Crippen LogP contribution in [0.4, 0.5) is 10.5 Å². The highest BCUT2D eigenvalue weighted by molar-refractivity contribution is 5.89. The summed E-state index contributed by atoms with van der Waals surface area (Å²) < 4.78 is 0. The molecule has 2 aliphatic carbocycles. The van der Waals surface area contributed by atoms with E-state index in [9.17, 15) is 15.0 Å². The minimum Gasteiger partial charge on any atom is -0.508 e. The number of aliphatic hydroxyl groups is 1. The van der Waals surface area contributed by atoms with Gasteiger partial charge >= 0.3 is 6.03 Å². The van der Waals surface area contributed by atoms with E-state index in [1.807, 2.05) is 23.1 Å². The number of aryl methyl sites for hydroxylation is 1. The van der Waals surface area contributed by atoms with Crippen LogP contribution in [0.2, 0.25) is 0 Å². The van der Waals surface area contributed by atoms with Crippen LogP contribution in [0.15, 0.2) is 42.5 Å². The molecule has 2 fully saturated rings. The van der Waals surface area contributed by atoms with Gasteiger partial charge in [-0.1, -0.05) is 24.1 Å². The average molecular weight is 488 g/mol. The number of fused-ring (bicyclic) bond motifs is 3. The van der Waals surface area contributed by atoms with E-state index < -0.39 is 5.60 Å². The van der Waals surface area contributed by atoms with Crippen LogP contribution in [0.25, 0.3) is 0 Å². The van der Waals surface area contributed by atoms with Crippen molar-refractivity contribution in [1.29, 1.82) is 0 Å². The molecule has 0 aromatic heterocycles. The minimum atomic E-state index is -0.922. The number of carbonyl (C=O) groups excluding carboxylic acids is 1. The molecule has 2 aromatic carbocycles. The van der Waals surface area contributed by atoms with Gasteiger partial charge in [-0.25, -0.2) is 4.79 Å². The van der Waals surface area contributed by atoms with Crippen molar-refractivity contribution in [3.05, 3.63) is 59.2 Å². The molecule has 0 radical (unpaired) electrons.